The van der Waals surface area contributed by atoms with E-state index in [1.807, 2.05) is 24.3 Å². The number of pyridine rings is 1. The molecule has 1 heterocycles. The molecule has 0 bridgehead atoms. The largest absolute Gasteiger partial charge is 0.474 e. The summed E-state index contributed by atoms with van der Waals surface area (Å²) < 4.78 is 6.11. The summed E-state index contributed by atoms with van der Waals surface area (Å²) in [5.74, 6) is 1.48. The smallest absolute Gasteiger partial charge is 0.214 e. The average Bonchev–Trinajstić information content (AvgIpc) is 2.46. The van der Waals surface area contributed by atoms with Gasteiger partial charge in [0, 0.05) is 18.0 Å². The van der Waals surface area contributed by atoms with Crippen molar-refractivity contribution in [1.29, 1.82) is 0 Å². The van der Waals surface area contributed by atoms with Gasteiger partial charge in [-0.25, -0.2) is 4.98 Å². The van der Waals surface area contributed by atoms with E-state index in [4.69, 9.17) is 10.5 Å². The fraction of sp³-hybridized carbons (Fsp3) is 0.471. The molecule has 2 atom stereocenters. The minimum absolute atomic E-state index is 0.304. The fourth-order valence-electron chi connectivity index (χ4n) is 3.11. The van der Waals surface area contributed by atoms with Crippen LogP contribution in [0.4, 0.5) is 0 Å². The van der Waals surface area contributed by atoms with Crippen LogP contribution in [0.1, 0.15) is 38.2 Å². The average molecular weight is 270 g/mol. The van der Waals surface area contributed by atoms with Crippen LogP contribution < -0.4 is 10.5 Å². The maximum atomic E-state index is 6.11. The minimum Gasteiger partial charge on any atom is -0.474 e. The number of rotatable bonds is 3. The van der Waals surface area contributed by atoms with Crippen LogP contribution in [-0.2, 0) is 6.54 Å². The summed E-state index contributed by atoms with van der Waals surface area (Å²) in [4.78, 5) is 4.63. The second kappa shape index (κ2) is 5.80. The van der Waals surface area contributed by atoms with Gasteiger partial charge in [0.15, 0.2) is 0 Å². The lowest BCUT2D eigenvalue weighted by atomic mass is 9.89. The molecular weight excluding hydrogens is 248 g/mol. The van der Waals surface area contributed by atoms with Crippen molar-refractivity contribution in [2.45, 2.75) is 45.3 Å². The van der Waals surface area contributed by atoms with E-state index in [1.165, 1.54) is 12.8 Å². The Morgan fingerprint density at radius 1 is 1.30 bits per heavy atom. The summed E-state index contributed by atoms with van der Waals surface area (Å²) in [5.41, 5.74) is 7.93. The van der Waals surface area contributed by atoms with Gasteiger partial charge in [0.25, 0.3) is 0 Å². The zero-order chi connectivity index (χ0) is 13.9. The molecule has 0 spiro atoms. The van der Waals surface area contributed by atoms with E-state index in [9.17, 15) is 0 Å². The second-order valence-corrected chi connectivity index (χ2v) is 5.85. The molecule has 2 aromatic rings. The topological polar surface area (TPSA) is 48.1 Å². The van der Waals surface area contributed by atoms with Gasteiger partial charge in [-0.1, -0.05) is 31.5 Å². The first-order valence-electron chi connectivity index (χ1n) is 7.51. The van der Waals surface area contributed by atoms with Crippen molar-refractivity contribution >= 4 is 10.9 Å². The Kier molecular flexibility index (Phi) is 3.88. The minimum atomic E-state index is 0.304. The van der Waals surface area contributed by atoms with Gasteiger partial charge in [0.1, 0.15) is 6.10 Å². The SMILES string of the molecule is CC1CCCC(Oc2cc(CN)c3ccccc3n2)C1. The van der Waals surface area contributed by atoms with E-state index in [2.05, 4.69) is 18.0 Å². The van der Waals surface area contributed by atoms with Crippen molar-refractivity contribution in [2.24, 2.45) is 11.7 Å². The predicted octanol–water partition coefficient (Wildman–Crippen LogP) is 3.65. The third-order valence-electron chi connectivity index (χ3n) is 4.17. The molecule has 1 fully saturated rings. The lowest BCUT2D eigenvalue weighted by molar-refractivity contribution is 0.124. The fourth-order valence-corrected chi connectivity index (χ4v) is 3.11. The van der Waals surface area contributed by atoms with E-state index in [0.29, 0.717) is 12.6 Å². The number of aromatic nitrogens is 1. The molecule has 3 heteroatoms. The van der Waals surface area contributed by atoms with E-state index in [0.717, 1.165) is 41.1 Å². The van der Waals surface area contributed by atoms with E-state index in [1.54, 1.807) is 0 Å². The van der Waals surface area contributed by atoms with Gasteiger partial charge < -0.3 is 10.5 Å². The van der Waals surface area contributed by atoms with Crippen LogP contribution in [0.5, 0.6) is 5.88 Å². The van der Waals surface area contributed by atoms with Gasteiger partial charge in [0.2, 0.25) is 5.88 Å². The number of nitrogens with zero attached hydrogens (tertiary/aromatic N) is 1. The normalized spacial score (nSPS) is 22.9. The summed E-state index contributed by atoms with van der Waals surface area (Å²) in [7, 11) is 0. The highest BCUT2D eigenvalue weighted by Gasteiger charge is 2.21. The molecule has 1 aliphatic rings. The van der Waals surface area contributed by atoms with Crippen molar-refractivity contribution < 1.29 is 4.74 Å². The molecule has 0 radical (unpaired) electrons. The molecular formula is C17H22N2O. The van der Waals surface area contributed by atoms with Crippen molar-refractivity contribution in [1.82, 2.24) is 4.98 Å². The van der Waals surface area contributed by atoms with E-state index in [-0.39, 0.29) is 0 Å². The molecule has 1 aliphatic carbocycles. The molecule has 2 unspecified atom stereocenters. The van der Waals surface area contributed by atoms with E-state index >= 15 is 0 Å². The molecule has 0 aliphatic heterocycles. The number of hydrogen-bond acceptors (Lipinski definition) is 3. The standard InChI is InChI=1S/C17H22N2O/c1-12-5-4-6-14(9-12)20-17-10-13(11-18)15-7-2-3-8-16(15)19-17/h2-3,7-8,10,12,14H,4-6,9,11,18H2,1H3. The zero-order valence-corrected chi connectivity index (χ0v) is 12.0. The molecule has 2 N–H and O–H groups in total. The Hall–Kier alpha value is -1.61. The Bertz CT molecular complexity index is 597. The quantitative estimate of drug-likeness (QED) is 0.926. The summed E-state index contributed by atoms with van der Waals surface area (Å²) in [6.07, 6.45) is 5.14. The molecule has 106 valence electrons. The van der Waals surface area contributed by atoms with Gasteiger partial charge in [-0.15, -0.1) is 0 Å². The van der Waals surface area contributed by atoms with Crippen LogP contribution in [0.15, 0.2) is 30.3 Å². The predicted molar refractivity (Wildman–Crippen MR) is 81.7 cm³/mol. The zero-order valence-electron chi connectivity index (χ0n) is 12.0. The monoisotopic (exact) mass is 270 g/mol. The van der Waals surface area contributed by atoms with Crippen molar-refractivity contribution in [2.75, 3.05) is 0 Å². The lowest BCUT2D eigenvalue weighted by Crippen LogP contribution is -2.24. The van der Waals surface area contributed by atoms with Gasteiger partial charge in [-0.05, 0) is 36.8 Å². The first-order valence-corrected chi connectivity index (χ1v) is 7.51. The van der Waals surface area contributed by atoms with Gasteiger partial charge >= 0.3 is 0 Å². The van der Waals surface area contributed by atoms with Crippen molar-refractivity contribution in [3.63, 3.8) is 0 Å². The molecule has 1 aromatic heterocycles. The molecule has 1 saturated carbocycles. The molecule has 0 saturated heterocycles. The Morgan fingerprint density at radius 2 is 2.15 bits per heavy atom. The van der Waals surface area contributed by atoms with Crippen LogP contribution in [0, 0.1) is 5.92 Å². The number of para-hydroxylation sites is 1. The third kappa shape index (κ3) is 2.78. The maximum Gasteiger partial charge on any atom is 0.214 e. The van der Waals surface area contributed by atoms with Gasteiger partial charge in [-0.2, -0.15) is 0 Å². The highest BCUT2D eigenvalue weighted by atomic mass is 16.5. The van der Waals surface area contributed by atoms with Crippen LogP contribution in [0.2, 0.25) is 0 Å². The molecule has 3 rings (SSSR count). The highest BCUT2D eigenvalue weighted by Crippen LogP contribution is 2.28. The second-order valence-electron chi connectivity index (χ2n) is 5.85. The Labute approximate surface area is 120 Å². The summed E-state index contributed by atoms with van der Waals surface area (Å²) in [5, 5.41) is 1.12. The summed E-state index contributed by atoms with van der Waals surface area (Å²) >= 11 is 0. The van der Waals surface area contributed by atoms with Crippen molar-refractivity contribution in [3.8, 4) is 5.88 Å². The summed E-state index contributed by atoms with van der Waals surface area (Å²) in [6.45, 7) is 2.81. The molecule has 1 aromatic carbocycles. The molecule has 20 heavy (non-hydrogen) atoms. The number of fused-ring (bicyclic) bond motifs is 1. The lowest BCUT2D eigenvalue weighted by Gasteiger charge is -2.27. The van der Waals surface area contributed by atoms with Crippen molar-refractivity contribution in [3.05, 3.63) is 35.9 Å². The highest BCUT2D eigenvalue weighted by molar-refractivity contribution is 5.82. The van der Waals surface area contributed by atoms with Gasteiger partial charge in [-0.3, -0.25) is 0 Å². The summed E-state index contributed by atoms with van der Waals surface area (Å²) in [6, 6.07) is 10.1. The first-order chi connectivity index (χ1) is 9.76. The van der Waals surface area contributed by atoms with E-state index < -0.39 is 0 Å². The number of hydrogen-bond donors (Lipinski definition) is 1. The Balaban J connectivity index is 1.87. The number of ether oxygens (including phenoxy) is 1. The first kappa shape index (κ1) is 13.4. The maximum absolute atomic E-state index is 6.11. The van der Waals surface area contributed by atoms with Crippen LogP contribution >= 0.6 is 0 Å². The van der Waals surface area contributed by atoms with Gasteiger partial charge in [0.05, 0.1) is 5.52 Å². The van der Waals surface area contributed by atoms with Crippen LogP contribution in [0.25, 0.3) is 10.9 Å². The number of benzene rings is 1. The third-order valence-corrected chi connectivity index (χ3v) is 4.17. The van der Waals surface area contributed by atoms with Crippen LogP contribution in [-0.4, -0.2) is 11.1 Å². The van der Waals surface area contributed by atoms with Crippen LogP contribution in [0.3, 0.4) is 0 Å². The Morgan fingerprint density at radius 3 is 2.95 bits per heavy atom. The number of nitrogens with two attached hydrogens (primary N) is 1. The molecule has 0 amide bonds. The molecule has 3 nitrogen and oxygen atoms in total.